The zero-order valence-corrected chi connectivity index (χ0v) is 20.2. The fourth-order valence-electron chi connectivity index (χ4n) is 6.10. The summed E-state index contributed by atoms with van der Waals surface area (Å²) in [7, 11) is 0. The van der Waals surface area contributed by atoms with Gasteiger partial charge in [-0.2, -0.15) is 0 Å². The molecule has 1 aliphatic carbocycles. The van der Waals surface area contributed by atoms with Gasteiger partial charge in [0.1, 0.15) is 0 Å². The van der Waals surface area contributed by atoms with E-state index in [1.54, 1.807) is 11.3 Å². The van der Waals surface area contributed by atoms with Gasteiger partial charge in [0.05, 0.1) is 13.0 Å². The predicted octanol–water partition coefficient (Wildman–Crippen LogP) is 3.90. The van der Waals surface area contributed by atoms with Gasteiger partial charge in [-0.1, -0.05) is 19.9 Å². The fourth-order valence-corrected chi connectivity index (χ4v) is 6.74. The van der Waals surface area contributed by atoms with E-state index in [0.29, 0.717) is 12.5 Å². The molecule has 1 aromatic heterocycles. The first-order chi connectivity index (χ1) is 15.8. The molecule has 5 heterocycles. The molecule has 1 aromatic rings. The molecule has 33 heavy (non-hydrogen) atoms. The van der Waals surface area contributed by atoms with E-state index in [1.165, 1.54) is 0 Å². The Labute approximate surface area is 198 Å². The Kier molecular flexibility index (Phi) is 6.28. The first-order valence-electron chi connectivity index (χ1n) is 12.0. The van der Waals surface area contributed by atoms with Gasteiger partial charge in [-0.3, -0.25) is 9.59 Å². The van der Waals surface area contributed by atoms with Crippen molar-refractivity contribution in [3.63, 3.8) is 0 Å². The van der Waals surface area contributed by atoms with Gasteiger partial charge in [-0.15, -0.1) is 11.3 Å². The van der Waals surface area contributed by atoms with Crippen molar-refractivity contribution in [1.29, 1.82) is 0 Å². The number of carbonyl (C=O) groups is 2. The van der Waals surface area contributed by atoms with E-state index >= 15 is 0 Å². The van der Waals surface area contributed by atoms with E-state index in [4.69, 9.17) is 24.0 Å². The molecule has 9 heteroatoms. The lowest BCUT2D eigenvalue weighted by Crippen LogP contribution is -2.70. The highest BCUT2D eigenvalue weighted by Crippen LogP contribution is 2.60. The van der Waals surface area contributed by atoms with Crippen molar-refractivity contribution < 1.29 is 33.6 Å². The largest absolute Gasteiger partial charge is 0.435 e. The van der Waals surface area contributed by atoms with Crippen LogP contribution in [0.3, 0.4) is 0 Å². The number of amides is 1. The van der Waals surface area contributed by atoms with Gasteiger partial charge in [0.2, 0.25) is 18.0 Å². The maximum atomic E-state index is 12.6. The van der Waals surface area contributed by atoms with E-state index in [0.717, 1.165) is 30.6 Å². The maximum absolute atomic E-state index is 12.6. The lowest BCUT2D eigenvalue weighted by molar-refractivity contribution is -0.576. The Morgan fingerprint density at radius 3 is 2.82 bits per heavy atom. The maximum Gasteiger partial charge on any atom is 0.308 e. The van der Waals surface area contributed by atoms with Crippen LogP contribution in [0.15, 0.2) is 17.5 Å². The van der Waals surface area contributed by atoms with E-state index in [9.17, 15) is 9.59 Å². The summed E-state index contributed by atoms with van der Waals surface area (Å²) in [5.41, 5.74) is -0.683. The number of ether oxygens (including phenoxy) is 3. The number of nitrogens with one attached hydrogen (secondary N) is 1. The number of thiophene rings is 1. The Hall–Kier alpha value is -1.52. The molecule has 1 amide bonds. The molecule has 5 fully saturated rings. The highest BCUT2D eigenvalue weighted by molar-refractivity contribution is 7.09. The minimum atomic E-state index is -0.868. The molecule has 1 N–H and O–H groups in total. The fraction of sp³-hybridized carbons (Fsp3) is 0.750. The van der Waals surface area contributed by atoms with E-state index in [-0.39, 0.29) is 36.5 Å². The minimum absolute atomic E-state index is 0.00116. The monoisotopic (exact) mass is 479 g/mol. The lowest BCUT2D eigenvalue weighted by atomic mass is 9.58. The zero-order valence-electron chi connectivity index (χ0n) is 19.4. The number of hydrogen-bond acceptors (Lipinski definition) is 8. The average Bonchev–Trinajstić information content (AvgIpc) is 3.21. The van der Waals surface area contributed by atoms with Crippen LogP contribution in [0.1, 0.15) is 64.2 Å². The summed E-state index contributed by atoms with van der Waals surface area (Å²) in [5.74, 6) is -0.751. The van der Waals surface area contributed by atoms with E-state index < -0.39 is 29.9 Å². The quantitative estimate of drug-likeness (QED) is 0.489. The van der Waals surface area contributed by atoms with Crippen LogP contribution in [-0.4, -0.2) is 35.8 Å². The van der Waals surface area contributed by atoms with Crippen LogP contribution in [0.4, 0.5) is 0 Å². The SMILES string of the molecule is C[C@H]1[C@H](OC(=O)CCC(=O)NCc2cccs2)O[C@@H]2O[C@@]3(C)CC[C@H]4[C@H](C)CC[C@@H]1[C@@]24OO3. The van der Waals surface area contributed by atoms with Crippen LogP contribution >= 0.6 is 11.3 Å². The van der Waals surface area contributed by atoms with E-state index in [1.807, 2.05) is 31.4 Å². The van der Waals surface area contributed by atoms with Gasteiger partial charge in [-0.05, 0) is 49.5 Å². The molecule has 4 saturated heterocycles. The Morgan fingerprint density at radius 1 is 1.18 bits per heavy atom. The Morgan fingerprint density at radius 2 is 2.03 bits per heavy atom. The molecule has 182 valence electrons. The molecule has 1 saturated carbocycles. The zero-order chi connectivity index (χ0) is 23.2. The van der Waals surface area contributed by atoms with Crippen LogP contribution in [-0.2, 0) is 40.1 Å². The molecule has 0 unspecified atom stereocenters. The second-order valence-corrected chi connectivity index (χ2v) is 11.2. The van der Waals surface area contributed by atoms with Crippen molar-refractivity contribution >= 4 is 23.2 Å². The van der Waals surface area contributed by atoms with E-state index in [2.05, 4.69) is 12.2 Å². The Balaban J connectivity index is 1.22. The van der Waals surface area contributed by atoms with Crippen molar-refractivity contribution in [2.24, 2.45) is 23.7 Å². The first-order valence-corrected chi connectivity index (χ1v) is 12.9. The normalized spacial score (nSPS) is 41.7. The van der Waals surface area contributed by atoms with Crippen LogP contribution in [0.2, 0.25) is 0 Å². The van der Waals surface area contributed by atoms with Gasteiger partial charge in [0, 0.05) is 29.6 Å². The standard InChI is InChI=1S/C24H33NO7S/c1-14-6-7-18-15(2)21(28-20(27)9-8-19(26)25-13-16-5-4-12-33-16)29-22-24(18)17(14)10-11-23(3,30-22)31-32-24/h4-5,12,14-15,17-18,21-22H,6-11,13H2,1-3H3,(H,25,26)/t14-,15-,17+,18+,21-,22-,23-,24-/m1/s1. The number of hydrogen-bond donors (Lipinski definition) is 1. The summed E-state index contributed by atoms with van der Waals surface area (Å²) < 4.78 is 18.3. The van der Waals surface area contributed by atoms with Crippen molar-refractivity contribution in [2.45, 2.75) is 89.8 Å². The molecule has 0 aromatic carbocycles. The molecule has 5 aliphatic rings. The molecule has 4 aliphatic heterocycles. The van der Waals surface area contributed by atoms with Crippen molar-refractivity contribution in [2.75, 3.05) is 0 Å². The highest BCUT2D eigenvalue weighted by atomic mass is 32.1. The molecule has 1 spiro atoms. The summed E-state index contributed by atoms with van der Waals surface area (Å²) in [4.78, 5) is 37.7. The predicted molar refractivity (Wildman–Crippen MR) is 118 cm³/mol. The summed E-state index contributed by atoms with van der Waals surface area (Å²) in [6, 6.07) is 3.90. The summed E-state index contributed by atoms with van der Waals surface area (Å²) in [5, 5.41) is 4.80. The summed E-state index contributed by atoms with van der Waals surface area (Å²) in [6.07, 6.45) is 2.38. The van der Waals surface area contributed by atoms with Crippen molar-refractivity contribution in [1.82, 2.24) is 5.32 Å². The van der Waals surface area contributed by atoms with Gasteiger partial charge in [0.25, 0.3) is 0 Å². The van der Waals surface area contributed by atoms with Gasteiger partial charge in [0.15, 0.2) is 11.9 Å². The molecule has 8 nitrogen and oxygen atoms in total. The second-order valence-electron chi connectivity index (χ2n) is 10.1. The van der Waals surface area contributed by atoms with Crippen LogP contribution in [0, 0.1) is 23.7 Å². The van der Waals surface area contributed by atoms with Gasteiger partial charge in [-0.25, -0.2) is 9.78 Å². The molecule has 2 bridgehead atoms. The van der Waals surface area contributed by atoms with Gasteiger partial charge < -0.3 is 19.5 Å². The number of carbonyl (C=O) groups excluding carboxylic acids is 2. The third kappa shape index (κ3) is 4.23. The Bertz CT molecular complexity index is 878. The third-order valence-electron chi connectivity index (χ3n) is 7.94. The molecule has 8 atom stereocenters. The minimum Gasteiger partial charge on any atom is -0.435 e. The highest BCUT2D eigenvalue weighted by Gasteiger charge is 2.69. The van der Waals surface area contributed by atoms with Crippen molar-refractivity contribution in [3.8, 4) is 0 Å². The average molecular weight is 480 g/mol. The first kappa shape index (κ1) is 23.2. The van der Waals surface area contributed by atoms with Crippen LogP contribution in [0.5, 0.6) is 0 Å². The van der Waals surface area contributed by atoms with Crippen molar-refractivity contribution in [3.05, 3.63) is 22.4 Å². The van der Waals surface area contributed by atoms with Crippen LogP contribution < -0.4 is 5.32 Å². The molecular weight excluding hydrogens is 446 g/mol. The summed E-state index contributed by atoms with van der Waals surface area (Å²) in [6.45, 7) is 6.64. The topological polar surface area (TPSA) is 92.3 Å². The summed E-state index contributed by atoms with van der Waals surface area (Å²) >= 11 is 1.58. The number of fused-ring (bicyclic) bond motifs is 2. The molecule has 0 radical (unpaired) electrons. The van der Waals surface area contributed by atoms with Crippen LogP contribution in [0.25, 0.3) is 0 Å². The number of esters is 1. The second kappa shape index (κ2) is 8.92. The smallest absolute Gasteiger partial charge is 0.308 e. The molecular formula is C24H33NO7S. The van der Waals surface area contributed by atoms with Gasteiger partial charge >= 0.3 is 5.97 Å². The third-order valence-corrected chi connectivity index (χ3v) is 8.82. The lowest BCUT2D eigenvalue weighted by Gasteiger charge is -2.59. The molecule has 6 rings (SSSR count). The number of rotatable bonds is 6.